The predicted octanol–water partition coefficient (Wildman–Crippen LogP) is 2.79. The van der Waals surface area contributed by atoms with Crippen LogP contribution in [0.25, 0.3) is 0 Å². The molecule has 0 fully saturated rings. The third-order valence-corrected chi connectivity index (χ3v) is 3.83. The van der Waals surface area contributed by atoms with Crippen LogP contribution in [0.15, 0.2) is 30.5 Å². The maximum atomic E-state index is 12.4. The largest absolute Gasteiger partial charge is 0.494 e. The topological polar surface area (TPSA) is 93.4 Å². The second-order valence-corrected chi connectivity index (χ2v) is 5.71. The Morgan fingerprint density at radius 3 is 2.88 bits per heavy atom. The van der Waals surface area contributed by atoms with Gasteiger partial charge < -0.3 is 20.7 Å². The average molecular weight is 327 g/mol. The van der Waals surface area contributed by atoms with E-state index in [1.807, 2.05) is 24.3 Å². The number of nitrogens with one attached hydrogen (secondary N) is 1. The van der Waals surface area contributed by atoms with Crippen LogP contribution < -0.4 is 15.8 Å². The number of nitrogens with two attached hydrogens (primary N) is 1. The Balaban J connectivity index is 1.56. The van der Waals surface area contributed by atoms with E-state index in [1.165, 1.54) is 0 Å². The number of benzene rings is 1. The molecule has 1 aromatic carbocycles. The first-order valence-electron chi connectivity index (χ1n) is 8.04. The molecule has 0 bridgehead atoms. The van der Waals surface area contributed by atoms with E-state index in [1.54, 1.807) is 11.1 Å². The number of urea groups is 1. The molecule has 24 heavy (non-hydrogen) atoms. The number of hydrogen-bond donors (Lipinski definition) is 2. The van der Waals surface area contributed by atoms with Gasteiger partial charge in [-0.25, -0.2) is 14.8 Å². The zero-order chi connectivity index (χ0) is 16.9. The van der Waals surface area contributed by atoms with Crippen molar-refractivity contribution in [3.63, 3.8) is 0 Å². The third-order valence-electron chi connectivity index (χ3n) is 3.83. The fourth-order valence-corrected chi connectivity index (χ4v) is 2.48. The van der Waals surface area contributed by atoms with Crippen LogP contribution in [0, 0.1) is 0 Å². The summed E-state index contributed by atoms with van der Waals surface area (Å²) in [5.41, 5.74) is 8.04. The number of aromatic nitrogens is 2. The maximum Gasteiger partial charge on any atom is 0.322 e. The number of nitrogen functional groups attached to an aromatic ring is 1. The van der Waals surface area contributed by atoms with Gasteiger partial charge in [0.05, 0.1) is 25.4 Å². The number of rotatable bonds is 5. The lowest BCUT2D eigenvalue weighted by atomic mass is 10.3. The Labute approximate surface area is 140 Å². The van der Waals surface area contributed by atoms with Gasteiger partial charge in [0.2, 0.25) is 5.95 Å². The molecule has 0 spiro atoms. The standard InChI is InChI=1S/C17H21N5O2/c1-2-3-8-24-14-6-4-13(5-7-14)20-17(23)22-10-12-9-19-16(18)21-15(12)11-22/h4-7,9H,2-3,8,10-11H2,1H3,(H,20,23)(H2,18,19,21). The Morgan fingerprint density at radius 1 is 1.33 bits per heavy atom. The summed E-state index contributed by atoms with van der Waals surface area (Å²) in [6, 6.07) is 7.21. The summed E-state index contributed by atoms with van der Waals surface area (Å²) < 4.78 is 5.61. The second kappa shape index (κ2) is 7.16. The lowest BCUT2D eigenvalue weighted by Crippen LogP contribution is -2.30. The molecule has 3 N–H and O–H groups in total. The molecular formula is C17H21N5O2. The Kier molecular flexibility index (Phi) is 4.79. The highest BCUT2D eigenvalue weighted by Crippen LogP contribution is 2.22. The number of fused-ring (bicyclic) bond motifs is 1. The highest BCUT2D eigenvalue weighted by molar-refractivity contribution is 5.89. The summed E-state index contributed by atoms with van der Waals surface area (Å²) in [5.74, 6) is 1.04. The number of anilines is 2. The van der Waals surface area contributed by atoms with Gasteiger partial charge in [0.15, 0.2) is 0 Å². The molecule has 0 aliphatic carbocycles. The minimum atomic E-state index is -0.175. The van der Waals surface area contributed by atoms with Gasteiger partial charge in [-0.1, -0.05) is 13.3 Å². The molecule has 0 radical (unpaired) electrons. The summed E-state index contributed by atoms with van der Waals surface area (Å²) >= 11 is 0. The quantitative estimate of drug-likeness (QED) is 0.824. The van der Waals surface area contributed by atoms with Crippen molar-refractivity contribution >= 4 is 17.7 Å². The number of hydrogen-bond acceptors (Lipinski definition) is 5. The van der Waals surface area contributed by atoms with Crippen LogP contribution >= 0.6 is 0 Å². The second-order valence-electron chi connectivity index (χ2n) is 5.71. The third kappa shape index (κ3) is 3.73. The molecule has 1 aliphatic rings. The monoisotopic (exact) mass is 327 g/mol. The van der Waals surface area contributed by atoms with E-state index in [0.717, 1.165) is 35.5 Å². The molecule has 1 aromatic heterocycles. The molecule has 1 aliphatic heterocycles. The first-order chi connectivity index (χ1) is 11.7. The predicted molar refractivity (Wildman–Crippen MR) is 91.6 cm³/mol. The van der Waals surface area contributed by atoms with Crippen LogP contribution in [0.4, 0.5) is 16.4 Å². The number of carbonyl (C=O) groups is 1. The van der Waals surface area contributed by atoms with E-state index in [4.69, 9.17) is 10.5 Å². The fraction of sp³-hybridized carbons (Fsp3) is 0.353. The van der Waals surface area contributed by atoms with Crippen LogP contribution in [0.3, 0.4) is 0 Å². The minimum absolute atomic E-state index is 0.175. The van der Waals surface area contributed by atoms with E-state index in [0.29, 0.717) is 19.7 Å². The summed E-state index contributed by atoms with van der Waals surface area (Å²) in [4.78, 5) is 22.2. The number of unbranched alkanes of at least 4 members (excludes halogenated alkanes) is 1. The molecule has 7 nitrogen and oxygen atoms in total. The average Bonchev–Trinajstić information content (AvgIpc) is 3.00. The van der Waals surface area contributed by atoms with Crippen LogP contribution in [0.1, 0.15) is 31.0 Å². The Bertz CT molecular complexity index is 717. The van der Waals surface area contributed by atoms with Crippen molar-refractivity contribution in [1.29, 1.82) is 0 Å². The van der Waals surface area contributed by atoms with E-state index < -0.39 is 0 Å². The number of ether oxygens (including phenoxy) is 1. The molecule has 3 rings (SSSR count). The molecule has 2 heterocycles. The molecule has 0 unspecified atom stereocenters. The van der Waals surface area contributed by atoms with Crippen molar-refractivity contribution in [2.24, 2.45) is 0 Å². The molecule has 7 heteroatoms. The van der Waals surface area contributed by atoms with Crippen molar-refractivity contribution in [2.45, 2.75) is 32.9 Å². The summed E-state index contributed by atoms with van der Waals surface area (Å²) in [6.45, 7) is 3.75. The highest BCUT2D eigenvalue weighted by Gasteiger charge is 2.25. The number of amides is 2. The zero-order valence-electron chi connectivity index (χ0n) is 13.7. The fourth-order valence-electron chi connectivity index (χ4n) is 2.48. The molecule has 2 aromatic rings. The van der Waals surface area contributed by atoms with E-state index in [-0.39, 0.29) is 12.0 Å². The summed E-state index contributed by atoms with van der Waals surface area (Å²) in [6.07, 6.45) is 3.80. The Morgan fingerprint density at radius 2 is 2.12 bits per heavy atom. The first kappa shape index (κ1) is 16.0. The van der Waals surface area contributed by atoms with E-state index >= 15 is 0 Å². The molecular weight excluding hydrogens is 306 g/mol. The molecule has 0 saturated heterocycles. The maximum absolute atomic E-state index is 12.4. The van der Waals surface area contributed by atoms with Crippen molar-refractivity contribution < 1.29 is 9.53 Å². The lowest BCUT2D eigenvalue weighted by Gasteiger charge is -2.16. The lowest BCUT2D eigenvalue weighted by molar-refractivity contribution is 0.212. The van der Waals surface area contributed by atoms with Gasteiger partial charge in [0, 0.05) is 17.4 Å². The Hall–Kier alpha value is -2.83. The summed E-state index contributed by atoms with van der Waals surface area (Å²) in [5, 5.41) is 2.88. The van der Waals surface area contributed by atoms with Crippen molar-refractivity contribution in [3.05, 3.63) is 41.7 Å². The number of carbonyl (C=O) groups excluding carboxylic acids is 1. The molecule has 126 valence electrons. The molecule has 0 atom stereocenters. The van der Waals surface area contributed by atoms with Gasteiger partial charge in [0.1, 0.15) is 5.75 Å². The van der Waals surface area contributed by atoms with Crippen LogP contribution in [-0.4, -0.2) is 27.5 Å². The van der Waals surface area contributed by atoms with Crippen LogP contribution in [0.5, 0.6) is 5.75 Å². The van der Waals surface area contributed by atoms with Crippen LogP contribution in [0.2, 0.25) is 0 Å². The highest BCUT2D eigenvalue weighted by atomic mass is 16.5. The van der Waals surface area contributed by atoms with Gasteiger partial charge in [-0.05, 0) is 30.7 Å². The first-order valence-corrected chi connectivity index (χ1v) is 8.04. The van der Waals surface area contributed by atoms with E-state index in [9.17, 15) is 4.79 Å². The minimum Gasteiger partial charge on any atom is -0.494 e. The zero-order valence-corrected chi connectivity index (χ0v) is 13.7. The van der Waals surface area contributed by atoms with Gasteiger partial charge in [0.25, 0.3) is 0 Å². The van der Waals surface area contributed by atoms with Crippen molar-refractivity contribution in [3.8, 4) is 5.75 Å². The normalized spacial score (nSPS) is 12.8. The number of nitrogens with zero attached hydrogens (tertiary/aromatic N) is 3. The molecule has 0 saturated carbocycles. The smallest absolute Gasteiger partial charge is 0.322 e. The van der Waals surface area contributed by atoms with Crippen molar-refractivity contribution in [1.82, 2.24) is 14.9 Å². The van der Waals surface area contributed by atoms with Gasteiger partial charge in [-0.2, -0.15) is 0 Å². The SMILES string of the molecule is CCCCOc1ccc(NC(=O)N2Cc3cnc(N)nc3C2)cc1. The molecule has 2 amide bonds. The van der Waals surface area contributed by atoms with Crippen molar-refractivity contribution in [2.75, 3.05) is 17.7 Å². The summed E-state index contributed by atoms with van der Waals surface area (Å²) in [7, 11) is 0. The van der Waals surface area contributed by atoms with Gasteiger partial charge in [-0.3, -0.25) is 0 Å². The van der Waals surface area contributed by atoms with E-state index in [2.05, 4.69) is 22.2 Å². The van der Waals surface area contributed by atoms with Crippen LogP contribution in [-0.2, 0) is 13.1 Å². The van der Waals surface area contributed by atoms with Gasteiger partial charge in [-0.15, -0.1) is 0 Å². The van der Waals surface area contributed by atoms with Gasteiger partial charge >= 0.3 is 6.03 Å².